The number of carbonyl (C=O) groups excluding carboxylic acids is 1. The van der Waals surface area contributed by atoms with E-state index in [4.69, 9.17) is 9.47 Å². The van der Waals surface area contributed by atoms with Gasteiger partial charge < -0.3 is 19.7 Å². The lowest BCUT2D eigenvalue weighted by Gasteiger charge is -2.35. The van der Waals surface area contributed by atoms with Gasteiger partial charge in [0.25, 0.3) is 5.91 Å². The molecule has 1 aromatic carbocycles. The molecule has 2 aliphatic heterocycles. The maximum Gasteiger partial charge on any atom is 0.267 e. The van der Waals surface area contributed by atoms with Crippen molar-refractivity contribution in [3.63, 3.8) is 0 Å². The fraction of sp³-hybridized carbons (Fsp3) is 0.562. The van der Waals surface area contributed by atoms with Crippen molar-refractivity contribution >= 4 is 18.3 Å². The fourth-order valence-corrected chi connectivity index (χ4v) is 2.99. The summed E-state index contributed by atoms with van der Waals surface area (Å²) >= 11 is 0. The van der Waals surface area contributed by atoms with Gasteiger partial charge in [0.2, 0.25) is 6.10 Å². The van der Waals surface area contributed by atoms with Gasteiger partial charge in [0, 0.05) is 13.1 Å². The Morgan fingerprint density at radius 3 is 2.64 bits per heavy atom. The highest BCUT2D eigenvalue weighted by Gasteiger charge is 2.32. The summed E-state index contributed by atoms with van der Waals surface area (Å²) in [4.78, 5) is 14.4. The van der Waals surface area contributed by atoms with E-state index in [1.807, 2.05) is 36.2 Å². The van der Waals surface area contributed by atoms with E-state index in [0.29, 0.717) is 24.0 Å². The molecule has 1 fully saturated rings. The number of fused-ring (bicyclic) bond motifs is 1. The lowest BCUT2D eigenvalue weighted by atomic mass is 9.96. The van der Waals surface area contributed by atoms with Crippen LogP contribution in [0.25, 0.3) is 0 Å². The molecule has 122 valence electrons. The fourth-order valence-electron chi connectivity index (χ4n) is 2.99. The van der Waals surface area contributed by atoms with E-state index in [1.54, 1.807) is 0 Å². The molecule has 2 heterocycles. The summed E-state index contributed by atoms with van der Waals surface area (Å²) < 4.78 is 11.4. The monoisotopic (exact) mass is 326 g/mol. The van der Waals surface area contributed by atoms with Gasteiger partial charge in [-0.2, -0.15) is 0 Å². The van der Waals surface area contributed by atoms with Gasteiger partial charge in [0.1, 0.15) is 6.61 Å². The van der Waals surface area contributed by atoms with Gasteiger partial charge in [0.15, 0.2) is 11.5 Å². The summed E-state index contributed by atoms with van der Waals surface area (Å²) in [5.41, 5.74) is 0. The van der Waals surface area contributed by atoms with Crippen LogP contribution in [0.1, 0.15) is 12.8 Å². The number of likely N-dealkylation sites (tertiary alicyclic amines) is 1. The van der Waals surface area contributed by atoms with E-state index in [-0.39, 0.29) is 18.3 Å². The number of hydrogen-bond donors (Lipinski definition) is 1. The number of para-hydroxylation sites is 2. The first-order valence-corrected chi connectivity index (χ1v) is 7.60. The summed E-state index contributed by atoms with van der Waals surface area (Å²) in [6.07, 6.45) is 1.59. The van der Waals surface area contributed by atoms with Crippen LogP contribution in [0.15, 0.2) is 24.3 Å². The topological polar surface area (TPSA) is 50.8 Å². The minimum absolute atomic E-state index is 0. The van der Waals surface area contributed by atoms with Crippen molar-refractivity contribution < 1.29 is 14.3 Å². The molecule has 5 nitrogen and oxygen atoms in total. The van der Waals surface area contributed by atoms with Crippen molar-refractivity contribution in [1.82, 2.24) is 10.2 Å². The quantitative estimate of drug-likeness (QED) is 0.918. The number of ether oxygens (including phenoxy) is 2. The minimum Gasteiger partial charge on any atom is -0.485 e. The molecule has 3 rings (SSSR count). The van der Waals surface area contributed by atoms with Gasteiger partial charge >= 0.3 is 0 Å². The Morgan fingerprint density at radius 1 is 1.27 bits per heavy atom. The number of nitrogens with one attached hydrogen (secondary N) is 1. The molecule has 1 amide bonds. The molecule has 0 saturated carbocycles. The van der Waals surface area contributed by atoms with Crippen LogP contribution >= 0.6 is 12.4 Å². The number of carbonyl (C=O) groups is 1. The van der Waals surface area contributed by atoms with E-state index in [2.05, 4.69) is 5.32 Å². The van der Waals surface area contributed by atoms with E-state index < -0.39 is 6.10 Å². The van der Waals surface area contributed by atoms with Crippen molar-refractivity contribution in [1.29, 1.82) is 0 Å². The van der Waals surface area contributed by atoms with Crippen molar-refractivity contribution in [2.75, 3.05) is 33.3 Å². The molecule has 2 aliphatic rings. The lowest BCUT2D eigenvalue weighted by molar-refractivity contribution is -0.142. The first kappa shape index (κ1) is 16.9. The molecule has 0 spiro atoms. The Labute approximate surface area is 137 Å². The lowest BCUT2D eigenvalue weighted by Crippen LogP contribution is -2.49. The van der Waals surface area contributed by atoms with Crippen LogP contribution in [-0.2, 0) is 4.79 Å². The number of rotatable bonds is 3. The molecule has 1 aromatic rings. The Balaban J connectivity index is 0.00000176. The SMILES string of the molecule is CNCC1CCN(C(=O)C2COc3ccccc3O2)CC1.Cl. The van der Waals surface area contributed by atoms with Crippen LogP contribution in [0.2, 0.25) is 0 Å². The van der Waals surface area contributed by atoms with Gasteiger partial charge in [0.05, 0.1) is 0 Å². The zero-order valence-corrected chi connectivity index (χ0v) is 13.6. The first-order valence-electron chi connectivity index (χ1n) is 7.60. The molecular weight excluding hydrogens is 304 g/mol. The molecule has 0 aliphatic carbocycles. The first-order chi connectivity index (χ1) is 10.3. The van der Waals surface area contributed by atoms with Gasteiger partial charge in [-0.25, -0.2) is 0 Å². The molecule has 1 N–H and O–H groups in total. The van der Waals surface area contributed by atoms with Crippen molar-refractivity contribution in [2.45, 2.75) is 18.9 Å². The third-order valence-corrected chi connectivity index (χ3v) is 4.20. The van der Waals surface area contributed by atoms with Crippen LogP contribution in [-0.4, -0.2) is 50.2 Å². The molecule has 1 saturated heterocycles. The molecule has 22 heavy (non-hydrogen) atoms. The Kier molecular flexibility index (Phi) is 5.91. The zero-order chi connectivity index (χ0) is 14.7. The summed E-state index contributed by atoms with van der Waals surface area (Å²) in [5.74, 6) is 2.09. The predicted octanol–water partition coefficient (Wildman–Crippen LogP) is 1.71. The normalized spacial score (nSPS) is 21.1. The third kappa shape index (κ3) is 3.65. The van der Waals surface area contributed by atoms with Crippen molar-refractivity contribution in [2.24, 2.45) is 5.92 Å². The molecule has 6 heteroatoms. The molecule has 0 bridgehead atoms. The maximum atomic E-state index is 12.5. The number of halogens is 1. The van der Waals surface area contributed by atoms with E-state index in [1.165, 1.54) is 0 Å². The van der Waals surface area contributed by atoms with Crippen LogP contribution in [0.5, 0.6) is 11.5 Å². The number of benzene rings is 1. The van der Waals surface area contributed by atoms with Gasteiger partial charge in [-0.1, -0.05) is 12.1 Å². The Morgan fingerprint density at radius 2 is 1.95 bits per heavy atom. The number of piperidine rings is 1. The van der Waals surface area contributed by atoms with E-state index in [0.717, 1.165) is 32.5 Å². The number of nitrogens with zero attached hydrogens (tertiary/aromatic N) is 1. The Hall–Kier alpha value is -1.46. The highest BCUT2D eigenvalue weighted by atomic mass is 35.5. The molecular formula is C16H23ClN2O3. The third-order valence-electron chi connectivity index (χ3n) is 4.20. The summed E-state index contributed by atoms with van der Waals surface area (Å²) in [7, 11) is 1.97. The molecule has 1 unspecified atom stereocenters. The standard InChI is InChI=1S/C16H22N2O3.ClH/c1-17-10-12-6-8-18(9-7-12)16(19)15-11-20-13-4-2-3-5-14(13)21-15;/h2-5,12,15,17H,6-11H2,1H3;1H. The highest BCUT2D eigenvalue weighted by Crippen LogP contribution is 2.31. The smallest absolute Gasteiger partial charge is 0.267 e. The van der Waals surface area contributed by atoms with Crippen LogP contribution < -0.4 is 14.8 Å². The average molecular weight is 327 g/mol. The second-order valence-electron chi connectivity index (χ2n) is 5.69. The predicted molar refractivity (Wildman–Crippen MR) is 86.8 cm³/mol. The molecule has 0 aromatic heterocycles. The Bertz CT molecular complexity index is 504. The number of hydrogen-bond acceptors (Lipinski definition) is 4. The summed E-state index contributed by atoms with van der Waals surface area (Å²) in [5, 5.41) is 3.21. The maximum absolute atomic E-state index is 12.5. The van der Waals surface area contributed by atoms with Crippen LogP contribution in [0, 0.1) is 5.92 Å². The van der Waals surface area contributed by atoms with Crippen LogP contribution in [0.4, 0.5) is 0 Å². The highest BCUT2D eigenvalue weighted by molar-refractivity contribution is 5.85. The number of amides is 1. The largest absolute Gasteiger partial charge is 0.485 e. The molecule has 1 atom stereocenters. The van der Waals surface area contributed by atoms with Gasteiger partial charge in [-0.15, -0.1) is 12.4 Å². The van der Waals surface area contributed by atoms with Gasteiger partial charge in [-0.3, -0.25) is 4.79 Å². The van der Waals surface area contributed by atoms with Crippen LogP contribution in [0.3, 0.4) is 0 Å². The summed E-state index contributed by atoms with van der Waals surface area (Å²) in [6.45, 7) is 2.95. The van der Waals surface area contributed by atoms with Crippen molar-refractivity contribution in [3.8, 4) is 11.5 Å². The van der Waals surface area contributed by atoms with Gasteiger partial charge in [-0.05, 0) is 44.5 Å². The van der Waals surface area contributed by atoms with Crippen molar-refractivity contribution in [3.05, 3.63) is 24.3 Å². The minimum atomic E-state index is -0.513. The average Bonchev–Trinajstić information content (AvgIpc) is 2.55. The zero-order valence-electron chi connectivity index (χ0n) is 12.8. The second-order valence-corrected chi connectivity index (χ2v) is 5.69. The van der Waals surface area contributed by atoms with E-state index >= 15 is 0 Å². The second kappa shape index (κ2) is 7.70. The molecule has 0 radical (unpaired) electrons. The summed E-state index contributed by atoms with van der Waals surface area (Å²) in [6, 6.07) is 7.49. The van der Waals surface area contributed by atoms with E-state index in [9.17, 15) is 4.79 Å².